The number of rotatable bonds is 1. The predicted molar refractivity (Wildman–Crippen MR) is 53.0 cm³/mol. The van der Waals surface area contributed by atoms with Crippen molar-refractivity contribution in [1.29, 1.82) is 0 Å². The predicted octanol–water partition coefficient (Wildman–Crippen LogP) is 1.28. The van der Waals surface area contributed by atoms with Gasteiger partial charge in [-0.05, 0) is 25.2 Å². The molecule has 1 atom stereocenters. The van der Waals surface area contributed by atoms with E-state index in [4.69, 9.17) is 9.47 Å². The largest absolute Gasteiger partial charge is 0.381 e. The van der Waals surface area contributed by atoms with Crippen LogP contribution in [0.3, 0.4) is 0 Å². The summed E-state index contributed by atoms with van der Waals surface area (Å²) in [5.74, 6) is 0.943. The van der Waals surface area contributed by atoms with E-state index in [0.29, 0.717) is 0 Å². The molecule has 3 aliphatic rings. The first-order valence-electron chi connectivity index (χ1n) is 5.87. The molecule has 3 rings (SSSR count). The lowest BCUT2D eigenvalue weighted by Gasteiger charge is -2.44. The molecule has 0 bridgehead atoms. The molecule has 1 aliphatic carbocycles. The van der Waals surface area contributed by atoms with Crippen molar-refractivity contribution in [2.45, 2.75) is 43.9 Å². The van der Waals surface area contributed by atoms with E-state index in [1.165, 1.54) is 19.3 Å². The maximum absolute atomic E-state index is 5.92. The van der Waals surface area contributed by atoms with Crippen LogP contribution in [0, 0.1) is 5.92 Å². The Bertz CT molecular complexity index is 204. The molecule has 3 fully saturated rings. The third-order valence-corrected chi connectivity index (χ3v) is 3.75. The number of nitrogens with one attached hydrogen (secondary N) is 1. The summed E-state index contributed by atoms with van der Waals surface area (Å²) in [5.41, 5.74) is -0.0241. The molecule has 14 heavy (non-hydrogen) atoms. The normalized spacial score (nSPS) is 37.3. The smallest absolute Gasteiger partial charge is 0.123 e. The Morgan fingerprint density at radius 1 is 1.00 bits per heavy atom. The summed E-state index contributed by atoms with van der Waals surface area (Å²) < 4.78 is 11.3. The zero-order valence-corrected chi connectivity index (χ0v) is 8.63. The third-order valence-electron chi connectivity index (χ3n) is 3.75. The second-order valence-corrected chi connectivity index (χ2v) is 4.83. The lowest BCUT2D eigenvalue weighted by molar-refractivity contribution is -0.160. The van der Waals surface area contributed by atoms with Crippen LogP contribution in [0.15, 0.2) is 0 Å². The van der Waals surface area contributed by atoms with E-state index >= 15 is 0 Å². The minimum absolute atomic E-state index is 0.0241. The van der Waals surface area contributed by atoms with Gasteiger partial charge in [0.05, 0.1) is 19.8 Å². The summed E-state index contributed by atoms with van der Waals surface area (Å²) in [6.45, 7) is 2.64. The van der Waals surface area contributed by atoms with Crippen LogP contribution in [-0.2, 0) is 9.47 Å². The molecule has 3 nitrogen and oxygen atoms in total. The van der Waals surface area contributed by atoms with Crippen molar-refractivity contribution in [3.8, 4) is 0 Å². The Labute approximate surface area is 85.1 Å². The Hall–Kier alpha value is -0.120. The van der Waals surface area contributed by atoms with E-state index in [9.17, 15) is 0 Å². The van der Waals surface area contributed by atoms with Gasteiger partial charge in [0.2, 0.25) is 0 Å². The highest BCUT2D eigenvalue weighted by Gasteiger charge is 2.42. The maximum Gasteiger partial charge on any atom is 0.123 e. The SMILES string of the molecule is C1CC2(CCO1)NC(C1CC1)CCO2. The minimum atomic E-state index is -0.0241. The fourth-order valence-corrected chi connectivity index (χ4v) is 2.67. The Balaban J connectivity index is 1.66. The van der Waals surface area contributed by atoms with E-state index in [0.717, 1.165) is 44.6 Å². The van der Waals surface area contributed by atoms with Crippen LogP contribution >= 0.6 is 0 Å². The second kappa shape index (κ2) is 3.47. The molecule has 0 radical (unpaired) electrons. The molecule has 1 saturated carbocycles. The monoisotopic (exact) mass is 197 g/mol. The van der Waals surface area contributed by atoms with Crippen molar-refractivity contribution < 1.29 is 9.47 Å². The molecule has 0 aromatic rings. The van der Waals surface area contributed by atoms with Crippen LogP contribution in [0.2, 0.25) is 0 Å². The van der Waals surface area contributed by atoms with E-state index in [-0.39, 0.29) is 5.72 Å². The van der Waals surface area contributed by atoms with Gasteiger partial charge in [0, 0.05) is 18.9 Å². The molecule has 2 aliphatic heterocycles. The Morgan fingerprint density at radius 3 is 2.50 bits per heavy atom. The average Bonchev–Trinajstić information content (AvgIpc) is 3.02. The molecule has 1 unspecified atom stereocenters. The molecular weight excluding hydrogens is 178 g/mol. The van der Waals surface area contributed by atoms with Crippen molar-refractivity contribution in [2.24, 2.45) is 5.92 Å². The summed E-state index contributed by atoms with van der Waals surface area (Å²) >= 11 is 0. The van der Waals surface area contributed by atoms with Gasteiger partial charge in [0.15, 0.2) is 0 Å². The molecule has 0 aromatic carbocycles. The first-order valence-corrected chi connectivity index (χ1v) is 5.87. The molecular formula is C11H19NO2. The second-order valence-electron chi connectivity index (χ2n) is 4.83. The van der Waals surface area contributed by atoms with E-state index in [1.807, 2.05) is 0 Å². The van der Waals surface area contributed by atoms with Crippen LogP contribution in [0.4, 0.5) is 0 Å². The molecule has 80 valence electrons. The third kappa shape index (κ3) is 1.69. The van der Waals surface area contributed by atoms with Gasteiger partial charge in [-0.1, -0.05) is 0 Å². The molecule has 2 saturated heterocycles. The van der Waals surface area contributed by atoms with Gasteiger partial charge in [-0.2, -0.15) is 0 Å². The summed E-state index contributed by atoms with van der Waals surface area (Å²) in [4.78, 5) is 0. The first kappa shape index (κ1) is 9.13. The number of hydrogen-bond donors (Lipinski definition) is 1. The van der Waals surface area contributed by atoms with Gasteiger partial charge in [0.1, 0.15) is 5.72 Å². The maximum atomic E-state index is 5.92. The molecule has 2 heterocycles. The molecule has 1 N–H and O–H groups in total. The van der Waals surface area contributed by atoms with Crippen molar-refractivity contribution in [2.75, 3.05) is 19.8 Å². The summed E-state index contributed by atoms with van der Waals surface area (Å²) in [7, 11) is 0. The van der Waals surface area contributed by atoms with Crippen molar-refractivity contribution >= 4 is 0 Å². The van der Waals surface area contributed by atoms with Crippen LogP contribution in [0.5, 0.6) is 0 Å². The molecule has 3 heteroatoms. The van der Waals surface area contributed by atoms with E-state index < -0.39 is 0 Å². The van der Waals surface area contributed by atoms with Crippen LogP contribution < -0.4 is 5.32 Å². The van der Waals surface area contributed by atoms with E-state index in [1.54, 1.807) is 0 Å². The minimum Gasteiger partial charge on any atom is -0.381 e. The van der Waals surface area contributed by atoms with Crippen LogP contribution in [-0.4, -0.2) is 31.6 Å². The summed E-state index contributed by atoms with van der Waals surface area (Å²) in [6.07, 6.45) is 6.09. The Kier molecular flexibility index (Phi) is 2.26. The highest BCUT2D eigenvalue weighted by atomic mass is 16.5. The van der Waals surface area contributed by atoms with Gasteiger partial charge >= 0.3 is 0 Å². The summed E-state index contributed by atoms with van der Waals surface area (Å²) in [5, 5.41) is 3.73. The van der Waals surface area contributed by atoms with Crippen molar-refractivity contribution in [3.63, 3.8) is 0 Å². The van der Waals surface area contributed by atoms with Crippen molar-refractivity contribution in [3.05, 3.63) is 0 Å². The Morgan fingerprint density at radius 2 is 1.79 bits per heavy atom. The van der Waals surface area contributed by atoms with Gasteiger partial charge in [0.25, 0.3) is 0 Å². The van der Waals surface area contributed by atoms with Crippen LogP contribution in [0.25, 0.3) is 0 Å². The molecule has 1 spiro atoms. The fraction of sp³-hybridized carbons (Fsp3) is 1.00. The molecule has 0 amide bonds. The first-order chi connectivity index (χ1) is 6.88. The quantitative estimate of drug-likeness (QED) is 0.687. The lowest BCUT2D eigenvalue weighted by Crippen LogP contribution is -2.59. The van der Waals surface area contributed by atoms with Gasteiger partial charge in [-0.3, -0.25) is 5.32 Å². The van der Waals surface area contributed by atoms with Crippen molar-refractivity contribution in [1.82, 2.24) is 5.32 Å². The number of hydrogen-bond acceptors (Lipinski definition) is 3. The standard InChI is InChI=1S/C11H19NO2/c1-2-9(1)10-3-6-14-11(12-10)4-7-13-8-5-11/h9-10,12H,1-8H2. The molecule has 0 aromatic heterocycles. The van der Waals surface area contributed by atoms with Gasteiger partial charge in [-0.25, -0.2) is 0 Å². The average molecular weight is 197 g/mol. The van der Waals surface area contributed by atoms with E-state index in [2.05, 4.69) is 5.32 Å². The topological polar surface area (TPSA) is 30.5 Å². The van der Waals surface area contributed by atoms with Gasteiger partial charge in [-0.15, -0.1) is 0 Å². The van der Waals surface area contributed by atoms with Crippen LogP contribution in [0.1, 0.15) is 32.1 Å². The summed E-state index contributed by atoms with van der Waals surface area (Å²) in [6, 6.07) is 0.724. The highest BCUT2D eigenvalue weighted by molar-refractivity contribution is 4.94. The fourth-order valence-electron chi connectivity index (χ4n) is 2.67. The number of ether oxygens (including phenoxy) is 2. The highest BCUT2D eigenvalue weighted by Crippen LogP contribution is 2.38. The zero-order valence-electron chi connectivity index (χ0n) is 8.63. The van der Waals surface area contributed by atoms with Gasteiger partial charge < -0.3 is 9.47 Å². The zero-order chi connectivity index (χ0) is 9.43. The lowest BCUT2D eigenvalue weighted by atomic mass is 9.97.